The fourth-order valence-electron chi connectivity index (χ4n) is 6.39. The van der Waals surface area contributed by atoms with E-state index in [1.54, 1.807) is 0 Å². The van der Waals surface area contributed by atoms with Crippen molar-refractivity contribution in [2.24, 2.45) is 23.7 Å². The Morgan fingerprint density at radius 1 is 0.688 bits per heavy atom. The van der Waals surface area contributed by atoms with Crippen LogP contribution >= 0.6 is 0 Å². The molecule has 3 aliphatic rings. The third-order valence-corrected chi connectivity index (χ3v) is 7.57. The van der Waals surface area contributed by atoms with E-state index in [9.17, 15) is 9.59 Å². The number of aryl methyl sites for hydroxylation is 2. The minimum absolute atomic E-state index is 0.0278. The maximum Gasteiger partial charge on any atom is 0.238 e. The summed E-state index contributed by atoms with van der Waals surface area (Å²) in [6.07, 6.45) is 0.877. The molecule has 0 radical (unpaired) electrons. The normalized spacial score (nSPS) is 26.2. The van der Waals surface area contributed by atoms with Crippen LogP contribution in [0, 0.1) is 37.5 Å². The van der Waals surface area contributed by atoms with Gasteiger partial charge in [0, 0.05) is 0 Å². The number of carbonyl (C=O) groups excluding carboxylic acids is 2. The van der Waals surface area contributed by atoms with Gasteiger partial charge in [-0.15, -0.1) is 0 Å². The van der Waals surface area contributed by atoms with E-state index in [4.69, 9.17) is 0 Å². The highest BCUT2D eigenvalue weighted by Crippen LogP contribution is 2.64. The van der Waals surface area contributed by atoms with Gasteiger partial charge in [-0.25, -0.2) is 4.90 Å². The van der Waals surface area contributed by atoms with Crippen molar-refractivity contribution >= 4 is 28.6 Å². The molecule has 2 aliphatic carbocycles. The zero-order valence-electron chi connectivity index (χ0n) is 18.3. The van der Waals surface area contributed by atoms with Crippen molar-refractivity contribution in [1.29, 1.82) is 0 Å². The van der Waals surface area contributed by atoms with Gasteiger partial charge in [0.15, 0.2) is 0 Å². The smallest absolute Gasteiger partial charge is 0.238 e. The van der Waals surface area contributed by atoms with Crippen molar-refractivity contribution < 1.29 is 9.59 Å². The molecule has 1 saturated carbocycles. The molecule has 2 amide bonds. The molecular weight excluding hydrogens is 394 g/mol. The third-order valence-electron chi connectivity index (χ3n) is 7.57. The average Bonchev–Trinajstić information content (AvgIpc) is 3.45. The van der Waals surface area contributed by atoms with Crippen LogP contribution < -0.4 is 4.90 Å². The van der Waals surface area contributed by atoms with Crippen molar-refractivity contribution in [2.45, 2.75) is 20.3 Å². The number of anilines is 1. The number of imide groups is 1. The van der Waals surface area contributed by atoms with Gasteiger partial charge in [-0.3, -0.25) is 9.59 Å². The maximum atomic E-state index is 13.7. The summed E-state index contributed by atoms with van der Waals surface area (Å²) in [5.41, 5.74) is 7.69. The number of hydrogen-bond acceptors (Lipinski definition) is 2. The zero-order chi connectivity index (χ0) is 22.0. The van der Waals surface area contributed by atoms with Crippen molar-refractivity contribution in [2.75, 3.05) is 4.90 Å². The van der Waals surface area contributed by atoms with E-state index in [1.165, 1.54) is 27.2 Å². The summed E-state index contributed by atoms with van der Waals surface area (Å²) in [6.45, 7) is 4.01. The molecule has 3 heteroatoms. The molecule has 0 N–H and O–H groups in total. The molecule has 3 aromatic rings. The predicted molar refractivity (Wildman–Crippen MR) is 127 cm³/mol. The number of nitrogens with zero attached hydrogens (tertiary/aromatic N) is 1. The van der Waals surface area contributed by atoms with E-state index < -0.39 is 0 Å². The number of hydrogen-bond donors (Lipinski definition) is 0. The number of allylic oxidation sites excluding steroid dienone is 2. The van der Waals surface area contributed by atoms with Crippen LogP contribution in [0.5, 0.6) is 0 Å². The lowest BCUT2D eigenvalue weighted by molar-refractivity contribution is -0.123. The van der Waals surface area contributed by atoms with Crippen LogP contribution in [-0.4, -0.2) is 11.8 Å². The van der Waals surface area contributed by atoms with Gasteiger partial charge in [-0.05, 0) is 66.0 Å². The molecular formula is C29H25NO2. The molecule has 2 bridgehead atoms. The highest BCUT2D eigenvalue weighted by molar-refractivity contribution is 6.25. The Balaban J connectivity index is 1.49. The molecule has 2 fully saturated rings. The lowest BCUT2D eigenvalue weighted by Crippen LogP contribution is -2.33. The van der Waals surface area contributed by atoms with E-state index in [-0.39, 0.29) is 35.5 Å². The molecule has 0 aromatic heterocycles. The summed E-state index contributed by atoms with van der Waals surface area (Å²) in [6, 6.07) is 26.8. The van der Waals surface area contributed by atoms with E-state index in [0.717, 1.165) is 23.2 Å². The van der Waals surface area contributed by atoms with Gasteiger partial charge in [0.05, 0.1) is 17.5 Å². The first-order valence-electron chi connectivity index (χ1n) is 11.4. The molecule has 1 aliphatic heterocycles. The number of benzene rings is 3. The topological polar surface area (TPSA) is 37.4 Å². The van der Waals surface area contributed by atoms with E-state index in [1.807, 2.05) is 44.2 Å². The number of carbonyl (C=O) groups is 2. The summed E-state index contributed by atoms with van der Waals surface area (Å²) < 4.78 is 0. The molecule has 1 saturated heterocycles. The van der Waals surface area contributed by atoms with Crippen molar-refractivity contribution in [3.63, 3.8) is 0 Å². The van der Waals surface area contributed by atoms with Gasteiger partial charge in [0.1, 0.15) is 0 Å². The molecule has 4 atom stereocenters. The van der Waals surface area contributed by atoms with Crippen LogP contribution in [0.15, 0.2) is 78.9 Å². The van der Waals surface area contributed by atoms with Gasteiger partial charge in [0.25, 0.3) is 0 Å². The number of rotatable bonds is 3. The third kappa shape index (κ3) is 2.60. The second-order valence-electron chi connectivity index (χ2n) is 9.36. The first kappa shape index (κ1) is 19.2. The van der Waals surface area contributed by atoms with E-state index in [2.05, 4.69) is 48.5 Å². The molecule has 158 valence electrons. The maximum absolute atomic E-state index is 13.7. The minimum Gasteiger partial charge on any atom is -0.274 e. The standard InChI is InChI=1S/C29H25NO2/c1-17-13-14-23(18(2)15-17)30-28(31)26-21-16-22(27(26)29(30)32)25(20-11-7-4-8-12-20)24(21)19-9-5-3-6-10-19/h3-15,21-22,26-27H,16H2,1-2H3/t21-,22-,26-,27+/m1/s1. The molecule has 1 heterocycles. The first-order valence-corrected chi connectivity index (χ1v) is 11.4. The van der Waals surface area contributed by atoms with E-state index >= 15 is 0 Å². The molecule has 3 nitrogen and oxygen atoms in total. The average molecular weight is 420 g/mol. The summed E-state index contributed by atoms with van der Waals surface area (Å²) in [5.74, 6) is -0.434. The predicted octanol–water partition coefficient (Wildman–Crippen LogP) is 5.67. The quantitative estimate of drug-likeness (QED) is 0.513. The Bertz CT molecular complexity index is 1200. The zero-order valence-corrected chi connectivity index (χ0v) is 18.3. The van der Waals surface area contributed by atoms with Crippen LogP contribution in [-0.2, 0) is 9.59 Å². The van der Waals surface area contributed by atoms with Crippen molar-refractivity contribution in [3.8, 4) is 0 Å². The second-order valence-corrected chi connectivity index (χ2v) is 9.36. The van der Waals surface area contributed by atoms with Crippen LogP contribution in [0.3, 0.4) is 0 Å². The van der Waals surface area contributed by atoms with Gasteiger partial charge in [0.2, 0.25) is 11.8 Å². The summed E-state index contributed by atoms with van der Waals surface area (Å²) in [7, 11) is 0. The Kier molecular flexibility index (Phi) is 4.23. The van der Waals surface area contributed by atoms with E-state index in [0.29, 0.717) is 0 Å². The minimum atomic E-state index is -0.268. The van der Waals surface area contributed by atoms with Crippen LogP contribution in [0.2, 0.25) is 0 Å². The van der Waals surface area contributed by atoms with Crippen LogP contribution in [0.1, 0.15) is 28.7 Å². The largest absolute Gasteiger partial charge is 0.274 e. The van der Waals surface area contributed by atoms with Crippen LogP contribution in [0.4, 0.5) is 5.69 Å². The number of amides is 2. The van der Waals surface area contributed by atoms with Crippen molar-refractivity contribution in [3.05, 3.63) is 101 Å². The molecule has 3 aromatic carbocycles. The lowest BCUT2D eigenvalue weighted by Gasteiger charge is -2.27. The fraction of sp³-hybridized carbons (Fsp3) is 0.241. The molecule has 32 heavy (non-hydrogen) atoms. The molecule has 6 rings (SSSR count). The molecule has 0 unspecified atom stereocenters. The lowest BCUT2D eigenvalue weighted by atomic mass is 9.73. The Morgan fingerprint density at radius 3 is 1.66 bits per heavy atom. The number of fused-ring (bicyclic) bond motifs is 5. The highest BCUT2D eigenvalue weighted by atomic mass is 16.2. The second kappa shape index (κ2) is 7.03. The Morgan fingerprint density at radius 2 is 1.19 bits per heavy atom. The fourth-order valence-corrected chi connectivity index (χ4v) is 6.39. The molecule has 0 spiro atoms. The van der Waals surface area contributed by atoms with Gasteiger partial charge in [-0.1, -0.05) is 78.4 Å². The Labute approximate surface area is 188 Å². The van der Waals surface area contributed by atoms with Crippen LogP contribution in [0.25, 0.3) is 11.1 Å². The van der Waals surface area contributed by atoms with Gasteiger partial charge >= 0.3 is 0 Å². The van der Waals surface area contributed by atoms with Crippen molar-refractivity contribution in [1.82, 2.24) is 0 Å². The SMILES string of the molecule is Cc1ccc(N2C(=O)[C@@H]3[C@H](C2=O)[C@@H]2C[C@@H]3C(c3ccccc3)=C2c2ccccc2)c(C)c1. The highest BCUT2D eigenvalue weighted by Gasteiger charge is 2.64. The summed E-state index contributed by atoms with van der Waals surface area (Å²) in [4.78, 5) is 28.9. The Hall–Kier alpha value is -3.46. The first-order chi connectivity index (χ1) is 15.6. The van der Waals surface area contributed by atoms with Gasteiger partial charge in [-0.2, -0.15) is 0 Å². The summed E-state index contributed by atoms with van der Waals surface area (Å²) >= 11 is 0. The van der Waals surface area contributed by atoms with Gasteiger partial charge < -0.3 is 0 Å². The monoisotopic (exact) mass is 419 g/mol. The summed E-state index contributed by atoms with van der Waals surface area (Å²) in [5, 5.41) is 0.